The quantitative estimate of drug-likeness (QED) is 0.813. The molecule has 0 amide bonds. The van der Waals surface area contributed by atoms with Crippen LogP contribution in [-0.4, -0.2) is 10.8 Å². The highest BCUT2D eigenvalue weighted by molar-refractivity contribution is 9.10. The molecule has 0 saturated carbocycles. The number of ketones is 1. The summed E-state index contributed by atoms with van der Waals surface area (Å²) >= 11 is 3.39. The fraction of sp³-hybridized carbons (Fsp3) is 0.133. The zero-order valence-electron chi connectivity index (χ0n) is 10.3. The second-order valence-electron chi connectivity index (χ2n) is 4.13. The van der Waals surface area contributed by atoms with Crippen molar-refractivity contribution in [2.75, 3.05) is 0 Å². The SMILES string of the molecule is Cc1c(Br)cccc1C(=O)C(C#N)c1cccnc1. The largest absolute Gasteiger partial charge is 0.292 e. The number of nitrogens with zero attached hydrogens (tertiary/aromatic N) is 2. The summed E-state index contributed by atoms with van der Waals surface area (Å²) in [6.45, 7) is 1.86. The lowest BCUT2D eigenvalue weighted by Crippen LogP contribution is -2.13. The fourth-order valence-electron chi connectivity index (χ4n) is 1.86. The number of benzene rings is 1. The third kappa shape index (κ3) is 2.72. The van der Waals surface area contributed by atoms with Crippen molar-refractivity contribution < 1.29 is 4.79 Å². The summed E-state index contributed by atoms with van der Waals surface area (Å²) in [5.41, 5.74) is 2.02. The Morgan fingerprint density at radius 2 is 2.16 bits per heavy atom. The molecule has 1 aromatic heterocycles. The van der Waals surface area contributed by atoms with Crippen LogP contribution in [0, 0.1) is 18.3 Å². The van der Waals surface area contributed by atoms with Crippen LogP contribution in [0.3, 0.4) is 0 Å². The molecule has 19 heavy (non-hydrogen) atoms. The molecule has 0 N–H and O–H groups in total. The normalized spacial score (nSPS) is 11.6. The highest BCUT2D eigenvalue weighted by Gasteiger charge is 2.23. The summed E-state index contributed by atoms with van der Waals surface area (Å²) in [6, 6.07) is 10.9. The van der Waals surface area contributed by atoms with Crippen LogP contribution >= 0.6 is 15.9 Å². The molecule has 2 aromatic rings. The van der Waals surface area contributed by atoms with E-state index in [0.29, 0.717) is 11.1 Å². The molecular weight excluding hydrogens is 304 g/mol. The highest BCUT2D eigenvalue weighted by atomic mass is 79.9. The lowest BCUT2D eigenvalue weighted by atomic mass is 9.91. The highest BCUT2D eigenvalue weighted by Crippen LogP contribution is 2.25. The van der Waals surface area contributed by atoms with E-state index in [1.54, 1.807) is 36.7 Å². The number of Topliss-reactive ketones (excluding diaryl/α,β-unsaturated/α-hetero) is 1. The smallest absolute Gasteiger partial charge is 0.184 e. The number of rotatable bonds is 3. The van der Waals surface area contributed by atoms with Crippen LogP contribution in [0.15, 0.2) is 47.2 Å². The molecule has 0 saturated heterocycles. The number of pyridine rings is 1. The first kappa shape index (κ1) is 13.4. The maximum Gasteiger partial charge on any atom is 0.184 e. The molecule has 0 fully saturated rings. The minimum Gasteiger partial charge on any atom is -0.292 e. The molecule has 0 aliphatic heterocycles. The van der Waals surface area contributed by atoms with Crippen LogP contribution in [0.1, 0.15) is 27.4 Å². The second kappa shape index (κ2) is 5.77. The summed E-state index contributed by atoms with van der Waals surface area (Å²) in [4.78, 5) is 16.4. The topological polar surface area (TPSA) is 53.8 Å². The molecule has 1 aromatic carbocycles. The van der Waals surface area contributed by atoms with E-state index in [1.165, 1.54) is 0 Å². The molecular formula is C15H11BrN2O. The Morgan fingerprint density at radius 3 is 2.79 bits per heavy atom. The number of aromatic nitrogens is 1. The number of halogens is 1. The summed E-state index contributed by atoms with van der Waals surface area (Å²) < 4.78 is 0.862. The summed E-state index contributed by atoms with van der Waals surface area (Å²) in [7, 11) is 0. The molecule has 0 aliphatic rings. The second-order valence-corrected chi connectivity index (χ2v) is 4.98. The Kier molecular flexibility index (Phi) is 4.08. The number of hydrogen-bond donors (Lipinski definition) is 0. The average Bonchev–Trinajstić information content (AvgIpc) is 2.44. The van der Waals surface area contributed by atoms with Crippen molar-refractivity contribution in [3.63, 3.8) is 0 Å². The van der Waals surface area contributed by atoms with Crippen molar-refractivity contribution in [1.82, 2.24) is 4.98 Å². The number of hydrogen-bond acceptors (Lipinski definition) is 3. The van der Waals surface area contributed by atoms with Gasteiger partial charge in [-0.15, -0.1) is 0 Å². The average molecular weight is 315 g/mol. The predicted molar refractivity (Wildman–Crippen MR) is 75.8 cm³/mol. The van der Waals surface area contributed by atoms with Crippen molar-refractivity contribution in [2.24, 2.45) is 0 Å². The van der Waals surface area contributed by atoms with E-state index in [9.17, 15) is 10.1 Å². The zero-order valence-corrected chi connectivity index (χ0v) is 11.9. The third-order valence-electron chi connectivity index (χ3n) is 2.94. The maximum absolute atomic E-state index is 12.5. The number of nitriles is 1. The first-order chi connectivity index (χ1) is 9.15. The molecule has 1 atom stereocenters. The van der Waals surface area contributed by atoms with Gasteiger partial charge in [0.25, 0.3) is 0 Å². The first-order valence-electron chi connectivity index (χ1n) is 5.74. The fourth-order valence-corrected chi connectivity index (χ4v) is 2.23. The van der Waals surface area contributed by atoms with E-state index in [2.05, 4.69) is 27.0 Å². The van der Waals surface area contributed by atoms with Crippen LogP contribution in [0.5, 0.6) is 0 Å². The summed E-state index contributed by atoms with van der Waals surface area (Å²) in [5.74, 6) is -1.02. The minimum absolute atomic E-state index is 0.200. The van der Waals surface area contributed by atoms with Gasteiger partial charge in [0.2, 0.25) is 0 Å². The molecule has 0 spiro atoms. The molecule has 4 heteroatoms. The van der Waals surface area contributed by atoms with Gasteiger partial charge in [-0.3, -0.25) is 9.78 Å². The van der Waals surface area contributed by atoms with Crippen molar-refractivity contribution in [3.05, 3.63) is 63.9 Å². The van der Waals surface area contributed by atoms with Crippen molar-refractivity contribution in [1.29, 1.82) is 5.26 Å². The van der Waals surface area contributed by atoms with Gasteiger partial charge in [-0.05, 0) is 30.2 Å². The van der Waals surface area contributed by atoms with Crippen LogP contribution in [0.2, 0.25) is 0 Å². The zero-order chi connectivity index (χ0) is 13.8. The Labute approximate surface area is 120 Å². The molecule has 1 heterocycles. The van der Waals surface area contributed by atoms with Crippen LogP contribution in [-0.2, 0) is 0 Å². The molecule has 0 aliphatic carbocycles. The van der Waals surface area contributed by atoms with Gasteiger partial charge in [0, 0.05) is 22.4 Å². The van der Waals surface area contributed by atoms with E-state index in [-0.39, 0.29) is 5.78 Å². The molecule has 1 unspecified atom stereocenters. The third-order valence-corrected chi connectivity index (χ3v) is 3.80. The van der Waals surface area contributed by atoms with Gasteiger partial charge in [-0.1, -0.05) is 34.1 Å². The minimum atomic E-state index is -0.818. The standard InChI is InChI=1S/C15H11BrN2O/c1-10-12(5-2-6-14(10)16)15(19)13(8-17)11-4-3-7-18-9-11/h2-7,9,13H,1H3. The van der Waals surface area contributed by atoms with E-state index < -0.39 is 5.92 Å². The first-order valence-corrected chi connectivity index (χ1v) is 6.53. The van der Waals surface area contributed by atoms with E-state index in [0.717, 1.165) is 10.0 Å². The predicted octanol–water partition coefficient (Wildman–Crippen LogP) is 3.64. The Hall–Kier alpha value is -1.99. The van der Waals surface area contributed by atoms with Gasteiger partial charge in [0.1, 0.15) is 5.92 Å². The number of carbonyl (C=O) groups is 1. The van der Waals surface area contributed by atoms with Crippen molar-refractivity contribution in [3.8, 4) is 6.07 Å². The lowest BCUT2D eigenvalue weighted by molar-refractivity contribution is 0.0978. The lowest BCUT2D eigenvalue weighted by Gasteiger charge is -2.11. The van der Waals surface area contributed by atoms with E-state index in [4.69, 9.17) is 0 Å². The summed E-state index contributed by atoms with van der Waals surface area (Å²) in [6.07, 6.45) is 3.17. The van der Waals surface area contributed by atoms with Gasteiger partial charge in [0.15, 0.2) is 5.78 Å². The van der Waals surface area contributed by atoms with Gasteiger partial charge in [-0.25, -0.2) is 0 Å². The summed E-state index contributed by atoms with van der Waals surface area (Å²) in [5, 5.41) is 9.26. The van der Waals surface area contributed by atoms with E-state index in [1.807, 2.05) is 13.0 Å². The molecule has 2 rings (SSSR count). The molecule has 94 valence electrons. The Morgan fingerprint density at radius 1 is 1.37 bits per heavy atom. The molecule has 0 radical (unpaired) electrons. The van der Waals surface area contributed by atoms with Crippen molar-refractivity contribution >= 4 is 21.7 Å². The monoisotopic (exact) mass is 314 g/mol. The number of carbonyl (C=O) groups excluding carboxylic acids is 1. The van der Waals surface area contributed by atoms with Crippen LogP contribution < -0.4 is 0 Å². The van der Waals surface area contributed by atoms with Crippen LogP contribution in [0.4, 0.5) is 0 Å². The van der Waals surface area contributed by atoms with E-state index >= 15 is 0 Å². The van der Waals surface area contributed by atoms with Crippen molar-refractivity contribution in [2.45, 2.75) is 12.8 Å². The van der Waals surface area contributed by atoms with Gasteiger partial charge in [-0.2, -0.15) is 5.26 Å². The van der Waals surface area contributed by atoms with Gasteiger partial charge >= 0.3 is 0 Å². The molecule has 3 nitrogen and oxygen atoms in total. The maximum atomic E-state index is 12.5. The molecule has 0 bridgehead atoms. The van der Waals surface area contributed by atoms with Crippen LogP contribution in [0.25, 0.3) is 0 Å². The van der Waals surface area contributed by atoms with Gasteiger partial charge < -0.3 is 0 Å². The van der Waals surface area contributed by atoms with Gasteiger partial charge in [0.05, 0.1) is 6.07 Å². The Bertz CT molecular complexity index is 647. The Balaban J connectivity index is 2.43.